The summed E-state index contributed by atoms with van der Waals surface area (Å²) in [7, 11) is 1.41. The number of nitrogens with one attached hydrogen (secondary N) is 1. The number of nitrogens with zero attached hydrogens (tertiary/aromatic N) is 4. The van der Waals surface area contributed by atoms with E-state index >= 15 is 0 Å². The highest BCUT2D eigenvalue weighted by Gasteiger charge is 2.37. The number of barbiturate groups is 1. The number of amides is 4. The Morgan fingerprint density at radius 1 is 1.09 bits per heavy atom. The van der Waals surface area contributed by atoms with E-state index in [-0.39, 0.29) is 22.7 Å². The zero-order chi connectivity index (χ0) is 24.6. The summed E-state index contributed by atoms with van der Waals surface area (Å²) >= 11 is 0. The van der Waals surface area contributed by atoms with Crippen molar-refractivity contribution in [1.82, 2.24) is 14.9 Å². The van der Waals surface area contributed by atoms with Gasteiger partial charge in [-0.15, -0.1) is 0 Å². The number of nitro groups is 1. The number of imide groups is 2. The third-order valence-corrected chi connectivity index (χ3v) is 5.41. The molecule has 4 amide bonds. The van der Waals surface area contributed by atoms with E-state index in [1.165, 1.54) is 49.8 Å². The molecule has 34 heavy (non-hydrogen) atoms. The van der Waals surface area contributed by atoms with Crippen LogP contribution in [0.1, 0.15) is 17.0 Å². The zero-order valence-corrected chi connectivity index (χ0v) is 18.4. The zero-order valence-electron chi connectivity index (χ0n) is 18.4. The first-order valence-corrected chi connectivity index (χ1v) is 10.1. The standard InChI is InChI=1S/C23H19N5O6/c1-13-10-15(14(2)26(13)19-5-4-17(28(32)33)12-20(19)34-3)11-18-21(29)25-23(31)27(22(18)30)16-6-8-24-9-7-16/h4-12H,1-3H3,(H,25,29,31)/b18-11+. The Balaban J connectivity index is 1.78. The molecule has 0 spiro atoms. The Labute approximate surface area is 193 Å². The van der Waals surface area contributed by atoms with Crippen LogP contribution < -0.4 is 15.0 Å². The first-order chi connectivity index (χ1) is 16.2. The molecule has 0 atom stereocenters. The first kappa shape index (κ1) is 22.4. The lowest BCUT2D eigenvalue weighted by molar-refractivity contribution is -0.384. The van der Waals surface area contributed by atoms with Gasteiger partial charge in [0.2, 0.25) is 0 Å². The average molecular weight is 461 g/mol. The number of non-ortho nitro benzene ring substituents is 1. The lowest BCUT2D eigenvalue weighted by Crippen LogP contribution is -2.54. The summed E-state index contributed by atoms with van der Waals surface area (Å²) in [4.78, 5) is 53.3. The van der Waals surface area contributed by atoms with Crippen molar-refractivity contribution in [3.8, 4) is 11.4 Å². The quantitative estimate of drug-likeness (QED) is 0.267. The molecule has 1 aromatic carbocycles. The van der Waals surface area contributed by atoms with Crippen LogP contribution in [0.5, 0.6) is 5.75 Å². The molecule has 1 aliphatic rings. The Bertz CT molecular complexity index is 1380. The molecule has 4 rings (SSSR count). The molecule has 0 saturated carbocycles. The van der Waals surface area contributed by atoms with Gasteiger partial charge < -0.3 is 9.30 Å². The first-order valence-electron chi connectivity index (χ1n) is 10.1. The van der Waals surface area contributed by atoms with E-state index in [0.29, 0.717) is 16.9 Å². The third kappa shape index (κ3) is 3.79. The molecule has 1 N–H and O–H groups in total. The highest BCUT2D eigenvalue weighted by molar-refractivity contribution is 6.39. The van der Waals surface area contributed by atoms with Crippen LogP contribution >= 0.6 is 0 Å². The second-order valence-electron chi connectivity index (χ2n) is 7.44. The number of hydrogen-bond donors (Lipinski definition) is 1. The van der Waals surface area contributed by atoms with Crippen molar-refractivity contribution in [3.63, 3.8) is 0 Å². The SMILES string of the molecule is COc1cc([N+](=O)[O-])ccc1-n1c(C)cc(/C=C2\C(=O)NC(=O)N(c3ccncc3)C2=O)c1C. The summed E-state index contributed by atoms with van der Waals surface area (Å²) in [5, 5.41) is 13.3. The van der Waals surface area contributed by atoms with E-state index in [1.807, 2.05) is 6.92 Å². The van der Waals surface area contributed by atoms with Gasteiger partial charge in [0.25, 0.3) is 17.5 Å². The lowest BCUT2D eigenvalue weighted by Gasteiger charge is -2.26. The van der Waals surface area contributed by atoms with Gasteiger partial charge in [0.1, 0.15) is 11.3 Å². The number of aryl methyl sites for hydroxylation is 1. The van der Waals surface area contributed by atoms with Gasteiger partial charge in [-0.3, -0.25) is 30.0 Å². The van der Waals surface area contributed by atoms with Crippen LogP contribution in [-0.4, -0.2) is 39.4 Å². The molecule has 0 aliphatic carbocycles. The predicted octanol–water partition coefficient (Wildman–Crippen LogP) is 3.07. The Hall–Kier alpha value is -4.80. The second-order valence-corrected chi connectivity index (χ2v) is 7.44. The minimum absolute atomic E-state index is 0.115. The lowest BCUT2D eigenvalue weighted by atomic mass is 10.1. The number of anilines is 1. The van der Waals surface area contributed by atoms with Crippen molar-refractivity contribution in [2.24, 2.45) is 0 Å². The summed E-state index contributed by atoms with van der Waals surface area (Å²) in [5.41, 5.74) is 2.45. The second kappa shape index (κ2) is 8.62. The number of aromatic nitrogens is 2. The minimum Gasteiger partial charge on any atom is -0.494 e. The molecular formula is C23H19N5O6. The number of carbonyl (C=O) groups excluding carboxylic acids is 3. The number of pyridine rings is 1. The summed E-state index contributed by atoms with van der Waals surface area (Å²) in [6, 6.07) is 8.13. The van der Waals surface area contributed by atoms with Gasteiger partial charge in [0.15, 0.2) is 0 Å². The van der Waals surface area contributed by atoms with Gasteiger partial charge in [0.05, 0.1) is 29.5 Å². The molecule has 0 unspecified atom stereocenters. The number of nitro benzene ring substituents is 1. The fourth-order valence-electron chi connectivity index (χ4n) is 3.81. The normalized spacial score (nSPS) is 15.0. The molecule has 2 aromatic heterocycles. The number of methoxy groups -OCH3 is 1. The van der Waals surface area contributed by atoms with E-state index in [9.17, 15) is 24.5 Å². The van der Waals surface area contributed by atoms with Crippen LogP contribution in [0, 0.1) is 24.0 Å². The maximum atomic E-state index is 13.1. The van der Waals surface area contributed by atoms with Gasteiger partial charge in [-0.1, -0.05) is 0 Å². The maximum absolute atomic E-state index is 13.1. The minimum atomic E-state index is -0.848. The fraction of sp³-hybridized carbons (Fsp3) is 0.130. The number of benzene rings is 1. The average Bonchev–Trinajstić information content (AvgIpc) is 3.09. The van der Waals surface area contributed by atoms with Crippen molar-refractivity contribution in [3.05, 3.63) is 81.4 Å². The number of carbonyl (C=O) groups is 3. The Kier molecular flexibility index (Phi) is 5.68. The van der Waals surface area contributed by atoms with Crippen LogP contribution in [-0.2, 0) is 9.59 Å². The van der Waals surface area contributed by atoms with E-state index < -0.39 is 22.8 Å². The molecule has 11 heteroatoms. The largest absolute Gasteiger partial charge is 0.494 e. The molecule has 1 aliphatic heterocycles. The maximum Gasteiger partial charge on any atom is 0.335 e. The van der Waals surface area contributed by atoms with E-state index in [0.717, 1.165) is 10.6 Å². The smallest absolute Gasteiger partial charge is 0.335 e. The molecule has 0 bridgehead atoms. The van der Waals surface area contributed by atoms with Crippen LogP contribution in [0.15, 0.2) is 54.4 Å². The topological polar surface area (TPSA) is 137 Å². The van der Waals surface area contributed by atoms with Crippen LogP contribution in [0.3, 0.4) is 0 Å². The highest BCUT2D eigenvalue weighted by atomic mass is 16.6. The molecule has 3 heterocycles. The number of urea groups is 1. The molecule has 1 saturated heterocycles. The molecule has 172 valence electrons. The van der Waals surface area contributed by atoms with Gasteiger partial charge in [0, 0.05) is 29.8 Å². The summed E-state index contributed by atoms with van der Waals surface area (Å²) < 4.78 is 7.16. The highest BCUT2D eigenvalue weighted by Crippen LogP contribution is 2.32. The summed E-state index contributed by atoms with van der Waals surface area (Å²) in [5.74, 6) is -1.29. The van der Waals surface area contributed by atoms with Crippen molar-refractivity contribution < 1.29 is 24.0 Å². The number of rotatable bonds is 5. The van der Waals surface area contributed by atoms with Crippen molar-refractivity contribution in [2.45, 2.75) is 13.8 Å². The van der Waals surface area contributed by atoms with Crippen molar-refractivity contribution in [1.29, 1.82) is 0 Å². The van der Waals surface area contributed by atoms with Crippen LogP contribution in [0.25, 0.3) is 11.8 Å². The third-order valence-electron chi connectivity index (χ3n) is 5.41. The van der Waals surface area contributed by atoms with Crippen LogP contribution in [0.4, 0.5) is 16.2 Å². The molecule has 11 nitrogen and oxygen atoms in total. The number of ether oxygens (including phenoxy) is 1. The molecule has 1 fully saturated rings. The Morgan fingerprint density at radius 2 is 1.79 bits per heavy atom. The predicted molar refractivity (Wildman–Crippen MR) is 122 cm³/mol. The van der Waals surface area contributed by atoms with E-state index in [2.05, 4.69) is 10.3 Å². The molecule has 3 aromatic rings. The van der Waals surface area contributed by atoms with Gasteiger partial charge in [-0.05, 0) is 49.8 Å². The van der Waals surface area contributed by atoms with E-state index in [4.69, 9.17) is 4.74 Å². The molecular weight excluding hydrogens is 442 g/mol. The number of hydrogen-bond acceptors (Lipinski definition) is 7. The fourth-order valence-corrected chi connectivity index (χ4v) is 3.81. The Morgan fingerprint density at radius 3 is 2.44 bits per heavy atom. The van der Waals surface area contributed by atoms with Gasteiger partial charge in [-0.25, -0.2) is 9.69 Å². The summed E-state index contributed by atoms with van der Waals surface area (Å²) in [6.45, 7) is 3.59. The van der Waals surface area contributed by atoms with Crippen molar-refractivity contribution >= 4 is 35.3 Å². The van der Waals surface area contributed by atoms with E-state index in [1.54, 1.807) is 23.6 Å². The monoisotopic (exact) mass is 461 g/mol. The molecule has 0 radical (unpaired) electrons. The van der Waals surface area contributed by atoms with Crippen molar-refractivity contribution in [2.75, 3.05) is 12.0 Å². The van der Waals surface area contributed by atoms with Gasteiger partial charge in [-0.2, -0.15) is 0 Å². The van der Waals surface area contributed by atoms with Crippen LogP contribution in [0.2, 0.25) is 0 Å². The van der Waals surface area contributed by atoms with Gasteiger partial charge >= 0.3 is 6.03 Å². The summed E-state index contributed by atoms with van der Waals surface area (Å²) in [6.07, 6.45) is 4.27.